The van der Waals surface area contributed by atoms with Gasteiger partial charge in [-0.1, -0.05) is 12.1 Å². The molecule has 2 nitrogen and oxygen atoms in total. The molecule has 90 valence electrons. The molecule has 3 heteroatoms. The molecule has 1 aromatic carbocycles. The maximum absolute atomic E-state index is 5.87. The molecule has 0 radical (unpaired) electrons. The van der Waals surface area contributed by atoms with Gasteiger partial charge in [-0.05, 0) is 50.3 Å². The van der Waals surface area contributed by atoms with Crippen molar-refractivity contribution in [2.75, 3.05) is 0 Å². The third-order valence-electron chi connectivity index (χ3n) is 3.01. The molecule has 0 saturated heterocycles. The molecule has 1 aliphatic carbocycles. The van der Waals surface area contributed by atoms with E-state index in [2.05, 4.69) is 12.1 Å². The van der Waals surface area contributed by atoms with Crippen LogP contribution in [0.4, 0.5) is 0 Å². The maximum atomic E-state index is 5.87. The predicted octanol–water partition coefficient (Wildman–Crippen LogP) is 3.45. The Hall–Kier alpha value is -0.730. The van der Waals surface area contributed by atoms with Crippen LogP contribution in [-0.2, 0) is 0 Å². The zero-order valence-corrected chi connectivity index (χ0v) is 10.5. The summed E-state index contributed by atoms with van der Waals surface area (Å²) in [7, 11) is 0. The normalized spacial score (nSPS) is 17.9. The summed E-state index contributed by atoms with van der Waals surface area (Å²) < 4.78 is 5.87. The minimum Gasteiger partial charge on any atom is -0.490 e. The lowest BCUT2D eigenvalue weighted by atomic mass is 10.1. The van der Waals surface area contributed by atoms with Gasteiger partial charge in [-0.25, -0.2) is 0 Å². The van der Waals surface area contributed by atoms with Crippen molar-refractivity contribution < 1.29 is 4.74 Å². The summed E-state index contributed by atoms with van der Waals surface area (Å²) in [6, 6.07) is 8.25. The first-order valence-electron chi connectivity index (χ1n) is 5.78. The number of benzene rings is 1. The van der Waals surface area contributed by atoms with Gasteiger partial charge in [0.1, 0.15) is 5.75 Å². The monoisotopic (exact) mass is 241 g/mol. The quantitative estimate of drug-likeness (QED) is 0.880. The molecular formula is C13H20ClNO. The highest BCUT2D eigenvalue weighted by Crippen LogP contribution is 2.24. The first kappa shape index (κ1) is 13.3. The molecule has 1 aliphatic rings. The SMILES string of the molecule is C[C@H](N)c1ccc(OC2CCCC2)cc1.Cl. The van der Waals surface area contributed by atoms with Crippen molar-refractivity contribution in [1.29, 1.82) is 0 Å². The van der Waals surface area contributed by atoms with Crippen LogP contribution in [0.3, 0.4) is 0 Å². The third kappa shape index (κ3) is 3.39. The number of hydrogen-bond donors (Lipinski definition) is 1. The van der Waals surface area contributed by atoms with E-state index in [1.54, 1.807) is 0 Å². The summed E-state index contributed by atoms with van der Waals surface area (Å²) in [6.07, 6.45) is 5.46. The molecule has 2 N–H and O–H groups in total. The number of ether oxygens (including phenoxy) is 1. The van der Waals surface area contributed by atoms with Gasteiger partial charge in [0, 0.05) is 6.04 Å². The summed E-state index contributed by atoms with van der Waals surface area (Å²) in [5, 5.41) is 0. The van der Waals surface area contributed by atoms with Crippen LogP contribution in [0.5, 0.6) is 5.75 Å². The fourth-order valence-electron chi connectivity index (χ4n) is 2.05. The Labute approximate surface area is 104 Å². The highest BCUT2D eigenvalue weighted by atomic mass is 35.5. The van der Waals surface area contributed by atoms with Crippen molar-refractivity contribution in [2.24, 2.45) is 5.73 Å². The van der Waals surface area contributed by atoms with Gasteiger partial charge < -0.3 is 10.5 Å². The largest absolute Gasteiger partial charge is 0.490 e. The average Bonchev–Trinajstić information content (AvgIpc) is 2.71. The van der Waals surface area contributed by atoms with Crippen LogP contribution in [0.15, 0.2) is 24.3 Å². The first-order valence-corrected chi connectivity index (χ1v) is 5.78. The van der Waals surface area contributed by atoms with E-state index in [-0.39, 0.29) is 18.4 Å². The number of halogens is 1. The molecule has 1 saturated carbocycles. The second-order valence-corrected chi connectivity index (χ2v) is 4.38. The minimum absolute atomic E-state index is 0. The van der Waals surface area contributed by atoms with Crippen LogP contribution in [0.1, 0.15) is 44.2 Å². The number of rotatable bonds is 3. The Kier molecular flexibility index (Phi) is 5.10. The maximum Gasteiger partial charge on any atom is 0.119 e. The topological polar surface area (TPSA) is 35.2 Å². The molecule has 0 spiro atoms. The van der Waals surface area contributed by atoms with Gasteiger partial charge >= 0.3 is 0 Å². The van der Waals surface area contributed by atoms with E-state index in [4.69, 9.17) is 10.5 Å². The average molecular weight is 242 g/mol. The van der Waals surface area contributed by atoms with Crippen molar-refractivity contribution in [1.82, 2.24) is 0 Å². The van der Waals surface area contributed by atoms with Gasteiger partial charge in [-0.2, -0.15) is 0 Å². The molecule has 16 heavy (non-hydrogen) atoms. The van der Waals surface area contributed by atoms with Crippen molar-refractivity contribution in [2.45, 2.75) is 44.8 Å². The van der Waals surface area contributed by atoms with Gasteiger partial charge in [0.05, 0.1) is 6.10 Å². The summed E-state index contributed by atoms with van der Waals surface area (Å²) in [5.74, 6) is 0.978. The number of hydrogen-bond acceptors (Lipinski definition) is 2. The van der Waals surface area contributed by atoms with Gasteiger partial charge in [0.2, 0.25) is 0 Å². The van der Waals surface area contributed by atoms with Gasteiger partial charge in [-0.3, -0.25) is 0 Å². The molecule has 2 rings (SSSR count). The van der Waals surface area contributed by atoms with Crippen LogP contribution in [0.2, 0.25) is 0 Å². The summed E-state index contributed by atoms with van der Waals surface area (Å²) >= 11 is 0. The van der Waals surface area contributed by atoms with Crippen LogP contribution < -0.4 is 10.5 Å². The molecule has 1 aromatic rings. The first-order chi connectivity index (χ1) is 7.25. The lowest BCUT2D eigenvalue weighted by Gasteiger charge is -2.13. The Morgan fingerprint density at radius 3 is 2.25 bits per heavy atom. The van der Waals surface area contributed by atoms with Crippen LogP contribution in [0.25, 0.3) is 0 Å². The standard InChI is InChI=1S/C13H19NO.ClH/c1-10(14)11-6-8-13(9-7-11)15-12-4-2-3-5-12;/h6-10,12H,2-5,14H2,1H3;1H/t10-;/m0./s1. The van der Waals surface area contributed by atoms with Crippen molar-refractivity contribution >= 4 is 12.4 Å². The van der Waals surface area contributed by atoms with E-state index in [0.29, 0.717) is 6.10 Å². The second-order valence-electron chi connectivity index (χ2n) is 4.38. The highest BCUT2D eigenvalue weighted by molar-refractivity contribution is 5.85. The van der Waals surface area contributed by atoms with E-state index in [9.17, 15) is 0 Å². The Balaban J connectivity index is 0.00000128. The lowest BCUT2D eigenvalue weighted by molar-refractivity contribution is 0.210. The zero-order valence-electron chi connectivity index (χ0n) is 9.69. The smallest absolute Gasteiger partial charge is 0.119 e. The Bertz CT molecular complexity index is 304. The third-order valence-corrected chi connectivity index (χ3v) is 3.01. The molecule has 0 aliphatic heterocycles. The fourth-order valence-corrected chi connectivity index (χ4v) is 2.05. The zero-order chi connectivity index (χ0) is 10.7. The van der Waals surface area contributed by atoms with Gasteiger partial charge in [0.15, 0.2) is 0 Å². The van der Waals surface area contributed by atoms with E-state index < -0.39 is 0 Å². The van der Waals surface area contributed by atoms with Crippen LogP contribution in [0, 0.1) is 0 Å². The minimum atomic E-state index is 0. The van der Waals surface area contributed by atoms with Gasteiger partial charge in [0.25, 0.3) is 0 Å². The van der Waals surface area contributed by atoms with Crippen molar-refractivity contribution in [3.05, 3.63) is 29.8 Å². The van der Waals surface area contributed by atoms with E-state index in [0.717, 1.165) is 11.3 Å². The molecule has 0 bridgehead atoms. The molecule has 0 heterocycles. The molecule has 1 atom stereocenters. The van der Waals surface area contributed by atoms with Crippen molar-refractivity contribution in [3.63, 3.8) is 0 Å². The molecule has 0 unspecified atom stereocenters. The van der Waals surface area contributed by atoms with E-state index in [1.807, 2.05) is 19.1 Å². The van der Waals surface area contributed by atoms with Crippen LogP contribution in [-0.4, -0.2) is 6.10 Å². The van der Waals surface area contributed by atoms with Crippen LogP contribution >= 0.6 is 12.4 Å². The van der Waals surface area contributed by atoms with E-state index >= 15 is 0 Å². The van der Waals surface area contributed by atoms with Crippen molar-refractivity contribution in [3.8, 4) is 5.75 Å². The molecular weight excluding hydrogens is 222 g/mol. The summed E-state index contributed by atoms with van der Waals surface area (Å²) in [6.45, 7) is 1.99. The Morgan fingerprint density at radius 1 is 1.19 bits per heavy atom. The van der Waals surface area contributed by atoms with Gasteiger partial charge in [-0.15, -0.1) is 12.4 Å². The highest BCUT2D eigenvalue weighted by Gasteiger charge is 2.16. The second kappa shape index (κ2) is 6.12. The fraction of sp³-hybridized carbons (Fsp3) is 0.538. The molecule has 0 aromatic heterocycles. The lowest BCUT2D eigenvalue weighted by Crippen LogP contribution is -2.11. The summed E-state index contributed by atoms with van der Waals surface area (Å²) in [5.41, 5.74) is 6.95. The van der Waals surface area contributed by atoms with E-state index in [1.165, 1.54) is 25.7 Å². The predicted molar refractivity (Wildman–Crippen MR) is 69.2 cm³/mol. The summed E-state index contributed by atoms with van der Waals surface area (Å²) in [4.78, 5) is 0. The molecule has 0 amide bonds. The number of nitrogens with two attached hydrogens (primary N) is 1. The molecule has 1 fully saturated rings. The Morgan fingerprint density at radius 2 is 1.75 bits per heavy atom.